The summed E-state index contributed by atoms with van der Waals surface area (Å²) in [4.78, 5) is 13.8. The molecule has 1 fully saturated rings. The van der Waals surface area contributed by atoms with Crippen molar-refractivity contribution in [1.82, 2.24) is 4.90 Å². The second-order valence-corrected chi connectivity index (χ2v) is 4.79. The largest absolute Gasteiger partial charge is 0.494 e. The summed E-state index contributed by atoms with van der Waals surface area (Å²) in [7, 11) is 1.41. The van der Waals surface area contributed by atoms with Crippen molar-refractivity contribution in [2.45, 2.75) is 18.9 Å². The maximum atomic E-state index is 13.5. The molecule has 116 valence electrons. The molecular formula is C15H20ClFN2O2. The molecule has 1 unspecified atom stereocenters. The van der Waals surface area contributed by atoms with Crippen molar-refractivity contribution in [3.63, 3.8) is 0 Å². The molecule has 0 aliphatic carbocycles. The van der Waals surface area contributed by atoms with Crippen molar-refractivity contribution in [3.8, 4) is 5.75 Å². The maximum Gasteiger partial charge on any atom is 0.246 e. The molecule has 0 bridgehead atoms. The van der Waals surface area contributed by atoms with Crippen molar-refractivity contribution >= 4 is 24.4 Å². The first-order valence-corrected chi connectivity index (χ1v) is 6.68. The Hall–Kier alpha value is -1.59. The second-order valence-electron chi connectivity index (χ2n) is 4.79. The fourth-order valence-corrected chi connectivity index (χ4v) is 2.42. The van der Waals surface area contributed by atoms with E-state index in [2.05, 4.69) is 0 Å². The van der Waals surface area contributed by atoms with Crippen LogP contribution in [-0.4, -0.2) is 37.0 Å². The van der Waals surface area contributed by atoms with Gasteiger partial charge in [-0.1, -0.05) is 6.07 Å². The highest BCUT2D eigenvalue weighted by Crippen LogP contribution is 2.19. The number of carbonyl (C=O) groups is 1. The van der Waals surface area contributed by atoms with E-state index >= 15 is 0 Å². The van der Waals surface area contributed by atoms with Crippen LogP contribution in [-0.2, 0) is 4.79 Å². The zero-order valence-electron chi connectivity index (χ0n) is 11.9. The first-order chi connectivity index (χ1) is 9.65. The van der Waals surface area contributed by atoms with Gasteiger partial charge in [0.15, 0.2) is 11.6 Å². The zero-order chi connectivity index (χ0) is 14.5. The molecule has 0 saturated carbocycles. The average Bonchev–Trinajstić information content (AvgIpc) is 2.93. The van der Waals surface area contributed by atoms with Crippen LogP contribution in [0.1, 0.15) is 18.4 Å². The zero-order valence-corrected chi connectivity index (χ0v) is 12.7. The lowest BCUT2D eigenvalue weighted by Crippen LogP contribution is -2.38. The van der Waals surface area contributed by atoms with Gasteiger partial charge in [-0.05, 0) is 36.6 Å². The fraction of sp³-hybridized carbons (Fsp3) is 0.400. The van der Waals surface area contributed by atoms with Crippen molar-refractivity contribution in [3.05, 3.63) is 35.7 Å². The van der Waals surface area contributed by atoms with E-state index in [0.717, 1.165) is 19.4 Å². The molecule has 2 rings (SSSR count). The average molecular weight is 315 g/mol. The summed E-state index contributed by atoms with van der Waals surface area (Å²) in [5, 5.41) is 0. The van der Waals surface area contributed by atoms with Gasteiger partial charge in [-0.25, -0.2) is 4.39 Å². The van der Waals surface area contributed by atoms with Crippen LogP contribution in [0.2, 0.25) is 0 Å². The molecule has 1 aromatic rings. The Kier molecular flexibility index (Phi) is 6.65. The van der Waals surface area contributed by atoms with E-state index in [-0.39, 0.29) is 30.1 Å². The number of carbonyl (C=O) groups excluding carboxylic acids is 1. The van der Waals surface area contributed by atoms with Gasteiger partial charge in [0.25, 0.3) is 0 Å². The summed E-state index contributed by atoms with van der Waals surface area (Å²) in [6, 6.07) is 4.71. The maximum absolute atomic E-state index is 13.5. The summed E-state index contributed by atoms with van der Waals surface area (Å²) >= 11 is 0. The number of ether oxygens (including phenoxy) is 1. The minimum atomic E-state index is -0.442. The highest BCUT2D eigenvalue weighted by atomic mass is 35.5. The number of nitrogens with zero attached hydrogens (tertiary/aromatic N) is 1. The molecule has 0 aromatic heterocycles. The Morgan fingerprint density at radius 2 is 2.33 bits per heavy atom. The van der Waals surface area contributed by atoms with Crippen LogP contribution in [0.4, 0.5) is 4.39 Å². The first kappa shape index (κ1) is 17.5. The number of rotatable bonds is 4. The molecule has 0 radical (unpaired) electrons. The van der Waals surface area contributed by atoms with Gasteiger partial charge in [-0.2, -0.15) is 0 Å². The van der Waals surface area contributed by atoms with E-state index in [4.69, 9.17) is 10.5 Å². The fourth-order valence-electron chi connectivity index (χ4n) is 2.42. The predicted octanol–water partition coefficient (Wildman–Crippen LogP) is 2.22. The molecule has 0 spiro atoms. The normalized spacial score (nSPS) is 17.9. The van der Waals surface area contributed by atoms with E-state index in [1.54, 1.807) is 17.0 Å². The van der Waals surface area contributed by atoms with Crippen molar-refractivity contribution in [2.75, 3.05) is 20.2 Å². The van der Waals surface area contributed by atoms with Crippen molar-refractivity contribution in [2.24, 2.45) is 5.73 Å². The molecule has 1 aromatic carbocycles. The van der Waals surface area contributed by atoms with Crippen LogP contribution >= 0.6 is 12.4 Å². The molecule has 1 heterocycles. The van der Waals surface area contributed by atoms with Crippen LogP contribution in [0.15, 0.2) is 24.3 Å². The lowest BCUT2D eigenvalue weighted by molar-refractivity contribution is -0.126. The van der Waals surface area contributed by atoms with Gasteiger partial charge in [-0.15, -0.1) is 12.4 Å². The number of halogens is 2. The number of methoxy groups -OCH3 is 1. The van der Waals surface area contributed by atoms with Crippen LogP contribution in [0, 0.1) is 5.82 Å². The number of hydrogen-bond acceptors (Lipinski definition) is 3. The number of nitrogens with two attached hydrogens (primary N) is 1. The third-order valence-electron chi connectivity index (χ3n) is 3.53. The Labute approximate surface area is 130 Å². The topological polar surface area (TPSA) is 55.6 Å². The third-order valence-corrected chi connectivity index (χ3v) is 3.53. The number of amides is 1. The standard InChI is InChI=1S/C15H19FN2O2.ClH/c1-20-14-6-4-11(9-13(14)16)5-7-15(19)18-8-2-3-12(18)10-17;/h4-7,9,12H,2-3,8,10,17H2,1H3;1H/b7-5+;. The molecule has 1 atom stereocenters. The number of hydrogen-bond donors (Lipinski definition) is 1. The van der Waals surface area contributed by atoms with E-state index in [9.17, 15) is 9.18 Å². The summed E-state index contributed by atoms with van der Waals surface area (Å²) in [5.74, 6) is -0.325. The van der Waals surface area contributed by atoms with Gasteiger partial charge < -0.3 is 15.4 Å². The molecule has 1 aliphatic heterocycles. The number of benzene rings is 1. The molecule has 1 aliphatic rings. The van der Waals surface area contributed by atoms with Crippen LogP contribution < -0.4 is 10.5 Å². The van der Waals surface area contributed by atoms with Crippen LogP contribution in [0.3, 0.4) is 0 Å². The van der Waals surface area contributed by atoms with Gasteiger partial charge in [0.2, 0.25) is 5.91 Å². The van der Waals surface area contributed by atoms with Crippen molar-refractivity contribution < 1.29 is 13.9 Å². The molecule has 4 nitrogen and oxygen atoms in total. The van der Waals surface area contributed by atoms with Crippen LogP contribution in [0.25, 0.3) is 6.08 Å². The van der Waals surface area contributed by atoms with Crippen molar-refractivity contribution in [1.29, 1.82) is 0 Å². The minimum absolute atomic E-state index is 0. The molecular weight excluding hydrogens is 295 g/mol. The summed E-state index contributed by atoms with van der Waals surface area (Å²) in [6.07, 6.45) is 5.01. The lowest BCUT2D eigenvalue weighted by atomic mass is 10.2. The molecule has 2 N–H and O–H groups in total. The minimum Gasteiger partial charge on any atom is -0.494 e. The summed E-state index contributed by atoms with van der Waals surface area (Å²) in [5.41, 5.74) is 6.26. The molecule has 1 amide bonds. The van der Waals surface area contributed by atoms with Gasteiger partial charge in [0.1, 0.15) is 0 Å². The smallest absolute Gasteiger partial charge is 0.246 e. The van der Waals surface area contributed by atoms with E-state index in [0.29, 0.717) is 12.1 Å². The third kappa shape index (κ3) is 4.19. The van der Waals surface area contributed by atoms with Gasteiger partial charge >= 0.3 is 0 Å². The summed E-state index contributed by atoms with van der Waals surface area (Å²) in [6.45, 7) is 1.22. The second kappa shape index (κ2) is 8.00. The molecule has 6 heteroatoms. The van der Waals surface area contributed by atoms with E-state index < -0.39 is 5.82 Å². The Balaban J connectivity index is 0.00000220. The van der Waals surface area contributed by atoms with Gasteiger partial charge in [0.05, 0.1) is 7.11 Å². The monoisotopic (exact) mass is 314 g/mol. The number of likely N-dealkylation sites (tertiary alicyclic amines) is 1. The van der Waals surface area contributed by atoms with Crippen LogP contribution in [0.5, 0.6) is 5.75 Å². The van der Waals surface area contributed by atoms with Gasteiger partial charge in [0, 0.05) is 25.2 Å². The SMILES string of the molecule is COc1ccc(/C=C/C(=O)N2CCCC2CN)cc1F.Cl. The highest BCUT2D eigenvalue weighted by Gasteiger charge is 2.25. The van der Waals surface area contributed by atoms with E-state index in [1.165, 1.54) is 25.3 Å². The predicted molar refractivity (Wildman–Crippen MR) is 83.0 cm³/mol. The summed E-state index contributed by atoms with van der Waals surface area (Å²) < 4.78 is 18.4. The molecule has 21 heavy (non-hydrogen) atoms. The lowest BCUT2D eigenvalue weighted by Gasteiger charge is -2.21. The Bertz CT molecular complexity index is 522. The highest BCUT2D eigenvalue weighted by molar-refractivity contribution is 5.92. The quantitative estimate of drug-likeness (QED) is 0.867. The Morgan fingerprint density at radius 3 is 2.95 bits per heavy atom. The van der Waals surface area contributed by atoms with Gasteiger partial charge in [-0.3, -0.25) is 4.79 Å². The van der Waals surface area contributed by atoms with E-state index in [1.807, 2.05) is 0 Å². The molecule has 1 saturated heterocycles. The Morgan fingerprint density at radius 1 is 1.57 bits per heavy atom. The first-order valence-electron chi connectivity index (χ1n) is 6.68.